The molecule has 0 amide bonds. The summed E-state index contributed by atoms with van der Waals surface area (Å²) in [6.07, 6.45) is 0.690. The van der Waals surface area contributed by atoms with E-state index in [1.54, 1.807) is 0 Å². The molecule has 0 unspecified atom stereocenters. The van der Waals surface area contributed by atoms with Gasteiger partial charge in [-0.15, -0.1) is 0 Å². The molecule has 1 aromatic rings. The topological polar surface area (TPSA) is 26.0 Å². The first-order valence-electron chi connectivity index (χ1n) is 3.98. The molecule has 0 spiro atoms. The van der Waals surface area contributed by atoms with Crippen LogP contribution in [-0.2, 0) is 0 Å². The van der Waals surface area contributed by atoms with Gasteiger partial charge in [0.1, 0.15) is 5.82 Å². The average molecular weight is 244 g/mol. The van der Waals surface area contributed by atoms with Crippen molar-refractivity contribution >= 4 is 21.5 Å². The second kappa shape index (κ2) is 4.53. The van der Waals surface area contributed by atoms with Gasteiger partial charge in [-0.25, -0.2) is 4.39 Å². The molecule has 70 valence electrons. The van der Waals surface area contributed by atoms with Gasteiger partial charge >= 0.3 is 0 Å². The van der Waals surface area contributed by atoms with E-state index in [1.807, 2.05) is 6.07 Å². The molecule has 0 saturated heterocycles. The van der Waals surface area contributed by atoms with Gasteiger partial charge in [-0.2, -0.15) is 0 Å². The van der Waals surface area contributed by atoms with Crippen LogP contribution in [0, 0.1) is 5.82 Å². The zero-order valence-corrected chi connectivity index (χ0v) is 8.77. The Bertz CT molecular complexity index is 302. The zero-order valence-electron chi connectivity index (χ0n) is 7.19. The molecule has 0 aromatic heterocycles. The van der Waals surface area contributed by atoms with E-state index in [0.29, 0.717) is 13.0 Å². The molecule has 2 N–H and O–H groups in total. The van der Waals surface area contributed by atoms with Crippen LogP contribution in [0.1, 0.15) is 12.0 Å². The normalized spacial score (nSPS) is 10.1. The third kappa shape index (κ3) is 2.94. The molecular weight excluding hydrogens is 233 g/mol. The maximum Gasteiger partial charge on any atom is 0.124 e. The largest absolute Gasteiger partial charge is 0.330 e. The Morgan fingerprint density at radius 2 is 2.15 bits per heavy atom. The van der Waals surface area contributed by atoms with E-state index in [2.05, 4.69) is 22.5 Å². The molecule has 1 nitrogen and oxygen atoms in total. The van der Waals surface area contributed by atoms with Crippen molar-refractivity contribution in [2.24, 2.45) is 5.73 Å². The van der Waals surface area contributed by atoms with Gasteiger partial charge in [0.25, 0.3) is 0 Å². The molecule has 0 aliphatic rings. The van der Waals surface area contributed by atoms with Crippen LogP contribution < -0.4 is 5.73 Å². The highest BCUT2D eigenvalue weighted by Gasteiger charge is 2.01. The molecule has 0 aliphatic heterocycles. The van der Waals surface area contributed by atoms with Crippen LogP contribution in [0.15, 0.2) is 29.3 Å². The van der Waals surface area contributed by atoms with Gasteiger partial charge in [-0.3, -0.25) is 0 Å². The van der Waals surface area contributed by atoms with Crippen molar-refractivity contribution in [2.45, 2.75) is 6.42 Å². The highest BCUT2D eigenvalue weighted by Crippen LogP contribution is 2.21. The summed E-state index contributed by atoms with van der Waals surface area (Å²) in [6.45, 7) is 4.36. The number of rotatable bonds is 3. The Balaban J connectivity index is 2.94. The second-order valence-electron chi connectivity index (χ2n) is 2.80. The minimum atomic E-state index is -0.262. The summed E-state index contributed by atoms with van der Waals surface area (Å²) in [7, 11) is 0. The van der Waals surface area contributed by atoms with Crippen LogP contribution >= 0.6 is 15.9 Å². The van der Waals surface area contributed by atoms with Crippen molar-refractivity contribution in [2.75, 3.05) is 6.54 Å². The van der Waals surface area contributed by atoms with Gasteiger partial charge in [0, 0.05) is 4.47 Å². The summed E-state index contributed by atoms with van der Waals surface area (Å²) in [5, 5.41) is 0. The Kier molecular flexibility index (Phi) is 3.63. The van der Waals surface area contributed by atoms with Crippen molar-refractivity contribution in [1.29, 1.82) is 0 Å². The van der Waals surface area contributed by atoms with Gasteiger partial charge in [0.2, 0.25) is 0 Å². The van der Waals surface area contributed by atoms with E-state index in [9.17, 15) is 4.39 Å². The van der Waals surface area contributed by atoms with Crippen molar-refractivity contribution in [1.82, 2.24) is 0 Å². The summed E-state index contributed by atoms with van der Waals surface area (Å²) in [5.74, 6) is -0.262. The summed E-state index contributed by atoms with van der Waals surface area (Å²) >= 11 is 3.22. The van der Waals surface area contributed by atoms with Gasteiger partial charge in [0.05, 0.1) is 0 Å². The first-order valence-corrected chi connectivity index (χ1v) is 4.77. The highest BCUT2D eigenvalue weighted by molar-refractivity contribution is 9.10. The van der Waals surface area contributed by atoms with E-state index < -0.39 is 0 Å². The third-order valence-electron chi connectivity index (χ3n) is 1.72. The molecular formula is C10H11BrFN. The SMILES string of the molecule is C=C(CCN)c1cc(F)cc(Br)c1. The number of halogens is 2. The van der Waals surface area contributed by atoms with Crippen molar-refractivity contribution in [3.63, 3.8) is 0 Å². The first-order chi connectivity index (χ1) is 6.13. The molecule has 1 rings (SSSR count). The minimum Gasteiger partial charge on any atom is -0.330 e. The van der Waals surface area contributed by atoms with E-state index in [1.165, 1.54) is 12.1 Å². The van der Waals surface area contributed by atoms with Crippen LogP contribution in [0.2, 0.25) is 0 Å². The van der Waals surface area contributed by atoms with Crippen LogP contribution in [0.3, 0.4) is 0 Å². The summed E-state index contributed by atoms with van der Waals surface area (Å²) in [4.78, 5) is 0. The van der Waals surface area contributed by atoms with E-state index in [4.69, 9.17) is 5.73 Å². The summed E-state index contributed by atoms with van der Waals surface area (Å²) in [5.41, 5.74) is 7.04. The standard InChI is InChI=1S/C10H11BrFN/c1-7(2-3-13)8-4-9(11)6-10(12)5-8/h4-6H,1-3,13H2. The maximum atomic E-state index is 12.9. The van der Waals surface area contributed by atoms with Crippen LogP contribution in [0.25, 0.3) is 5.57 Å². The minimum absolute atomic E-state index is 0.262. The molecule has 0 bridgehead atoms. The number of benzene rings is 1. The monoisotopic (exact) mass is 243 g/mol. The lowest BCUT2D eigenvalue weighted by atomic mass is 10.1. The molecule has 1 aromatic carbocycles. The molecule has 0 heterocycles. The fraction of sp³-hybridized carbons (Fsp3) is 0.200. The molecule has 0 aliphatic carbocycles. The Labute approximate surface area is 85.6 Å². The van der Waals surface area contributed by atoms with Crippen molar-refractivity contribution < 1.29 is 4.39 Å². The van der Waals surface area contributed by atoms with E-state index >= 15 is 0 Å². The molecule has 0 atom stereocenters. The Morgan fingerprint density at radius 1 is 1.46 bits per heavy atom. The van der Waals surface area contributed by atoms with Crippen molar-refractivity contribution in [3.8, 4) is 0 Å². The predicted molar refractivity (Wildman–Crippen MR) is 56.8 cm³/mol. The first kappa shape index (κ1) is 10.4. The van der Waals surface area contributed by atoms with Crippen LogP contribution in [-0.4, -0.2) is 6.54 Å². The van der Waals surface area contributed by atoms with E-state index in [-0.39, 0.29) is 5.82 Å². The lowest BCUT2D eigenvalue weighted by molar-refractivity contribution is 0.626. The van der Waals surface area contributed by atoms with Crippen LogP contribution in [0.5, 0.6) is 0 Å². The van der Waals surface area contributed by atoms with E-state index in [0.717, 1.165) is 15.6 Å². The van der Waals surface area contributed by atoms with Gasteiger partial charge in [0.15, 0.2) is 0 Å². The lowest BCUT2D eigenvalue weighted by Crippen LogP contribution is -1.99. The van der Waals surface area contributed by atoms with Gasteiger partial charge < -0.3 is 5.73 Å². The predicted octanol–water partition coefficient (Wildman–Crippen LogP) is 2.95. The third-order valence-corrected chi connectivity index (χ3v) is 2.17. The quantitative estimate of drug-likeness (QED) is 0.869. The number of hydrogen-bond acceptors (Lipinski definition) is 1. The highest BCUT2D eigenvalue weighted by atomic mass is 79.9. The second-order valence-corrected chi connectivity index (χ2v) is 3.72. The summed E-state index contributed by atoms with van der Waals surface area (Å²) < 4.78 is 13.6. The number of hydrogen-bond donors (Lipinski definition) is 1. The fourth-order valence-electron chi connectivity index (χ4n) is 1.08. The summed E-state index contributed by atoms with van der Waals surface area (Å²) in [6, 6.07) is 4.71. The van der Waals surface area contributed by atoms with Gasteiger partial charge in [-0.05, 0) is 42.3 Å². The average Bonchev–Trinajstić information content (AvgIpc) is 2.03. The zero-order chi connectivity index (χ0) is 9.84. The molecule has 0 radical (unpaired) electrons. The van der Waals surface area contributed by atoms with Gasteiger partial charge in [-0.1, -0.05) is 22.5 Å². The smallest absolute Gasteiger partial charge is 0.124 e. The fourth-order valence-corrected chi connectivity index (χ4v) is 1.54. The Hall–Kier alpha value is -0.670. The molecule has 13 heavy (non-hydrogen) atoms. The molecule has 3 heteroatoms. The molecule has 0 fully saturated rings. The molecule has 0 saturated carbocycles. The lowest BCUT2D eigenvalue weighted by Gasteiger charge is -2.04. The number of nitrogens with two attached hydrogens (primary N) is 1. The van der Waals surface area contributed by atoms with Crippen LogP contribution in [0.4, 0.5) is 4.39 Å². The van der Waals surface area contributed by atoms with Crippen molar-refractivity contribution in [3.05, 3.63) is 40.6 Å². The maximum absolute atomic E-state index is 12.9. The Morgan fingerprint density at radius 3 is 2.69 bits per heavy atom.